The van der Waals surface area contributed by atoms with Crippen LogP contribution in [-0.2, 0) is 4.74 Å². The Bertz CT molecular complexity index is 602. The minimum atomic E-state index is -0.524. The maximum Gasteiger partial charge on any atom is 0.358 e. The first-order chi connectivity index (χ1) is 9.72. The lowest BCUT2D eigenvalue weighted by Gasteiger charge is -2.08. The first-order valence-electron chi connectivity index (χ1n) is 6.13. The number of benzene rings is 1. The van der Waals surface area contributed by atoms with Crippen LogP contribution in [0, 0.1) is 0 Å². The van der Waals surface area contributed by atoms with Crippen LogP contribution in [0.1, 0.15) is 17.4 Å². The number of carbonyl (C=O) groups excluding carboxylic acids is 1. The Morgan fingerprint density at radius 3 is 2.95 bits per heavy atom. The molecule has 1 N–H and O–H groups in total. The fourth-order valence-electron chi connectivity index (χ4n) is 1.61. The fraction of sp³-hybridized carbons (Fsp3) is 0.214. The lowest BCUT2D eigenvalue weighted by molar-refractivity contribution is 0.0593. The quantitative estimate of drug-likeness (QED) is 0.843. The molecule has 0 radical (unpaired) electrons. The number of hydrogen-bond acceptors (Lipinski definition) is 6. The van der Waals surface area contributed by atoms with Gasteiger partial charge in [-0.3, -0.25) is 4.98 Å². The van der Waals surface area contributed by atoms with E-state index in [-0.39, 0.29) is 5.69 Å². The molecule has 0 bridgehead atoms. The molecule has 6 nitrogen and oxygen atoms in total. The normalized spacial score (nSPS) is 9.90. The third kappa shape index (κ3) is 3.44. The Labute approximate surface area is 116 Å². The molecule has 0 saturated heterocycles. The summed E-state index contributed by atoms with van der Waals surface area (Å²) < 4.78 is 10.0. The Balaban J connectivity index is 2.17. The van der Waals surface area contributed by atoms with Gasteiger partial charge in [0.2, 0.25) is 0 Å². The number of nitrogens with one attached hydrogen (secondary N) is 1. The first-order valence-corrected chi connectivity index (χ1v) is 6.13. The average Bonchev–Trinajstić information content (AvgIpc) is 2.47. The van der Waals surface area contributed by atoms with Crippen LogP contribution < -0.4 is 10.1 Å². The van der Waals surface area contributed by atoms with E-state index in [2.05, 4.69) is 20.0 Å². The maximum atomic E-state index is 11.4. The summed E-state index contributed by atoms with van der Waals surface area (Å²) in [6.45, 7) is 2.52. The average molecular weight is 273 g/mol. The van der Waals surface area contributed by atoms with E-state index in [0.717, 1.165) is 11.4 Å². The van der Waals surface area contributed by atoms with Crippen molar-refractivity contribution in [1.29, 1.82) is 0 Å². The van der Waals surface area contributed by atoms with E-state index >= 15 is 0 Å². The fourth-order valence-corrected chi connectivity index (χ4v) is 1.61. The standard InChI is InChI=1S/C14H15N3O3/c1-3-20-11-6-4-5-10(7-11)16-13-9-15-8-12(17-13)14(18)19-2/h4-9H,3H2,1-2H3,(H,16,17). The van der Waals surface area contributed by atoms with Crippen molar-refractivity contribution in [3.63, 3.8) is 0 Å². The SMILES string of the molecule is CCOc1cccc(Nc2cncc(C(=O)OC)n2)c1. The van der Waals surface area contributed by atoms with Gasteiger partial charge in [0.25, 0.3) is 0 Å². The lowest BCUT2D eigenvalue weighted by Crippen LogP contribution is -2.06. The highest BCUT2D eigenvalue weighted by atomic mass is 16.5. The van der Waals surface area contributed by atoms with Crippen LogP contribution in [0.4, 0.5) is 11.5 Å². The highest BCUT2D eigenvalue weighted by Crippen LogP contribution is 2.20. The second kappa shape index (κ2) is 6.51. The number of esters is 1. The highest BCUT2D eigenvalue weighted by Gasteiger charge is 2.08. The molecule has 0 aliphatic heterocycles. The van der Waals surface area contributed by atoms with E-state index < -0.39 is 5.97 Å². The van der Waals surface area contributed by atoms with Gasteiger partial charge in [-0.2, -0.15) is 0 Å². The van der Waals surface area contributed by atoms with E-state index in [4.69, 9.17) is 4.74 Å². The summed E-state index contributed by atoms with van der Waals surface area (Å²) in [4.78, 5) is 19.5. The number of hydrogen-bond donors (Lipinski definition) is 1. The monoisotopic (exact) mass is 273 g/mol. The highest BCUT2D eigenvalue weighted by molar-refractivity contribution is 5.87. The van der Waals surface area contributed by atoms with Gasteiger partial charge in [0, 0.05) is 11.8 Å². The maximum absolute atomic E-state index is 11.4. The minimum Gasteiger partial charge on any atom is -0.494 e. The van der Waals surface area contributed by atoms with Gasteiger partial charge in [-0.1, -0.05) is 6.07 Å². The molecule has 1 aromatic carbocycles. The summed E-state index contributed by atoms with van der Waals surface area (Å²) in [5, 5.41) is 3.06. The van der Waals surface area contributed by atoms with Crippen LogP contribution in [-0.4, -0.2) is 29.7 Å². The van der Waals surface area contributed by atoms with Crippen LogP contribution in [0.2, 0.25) is 0 Å². The molecule has 2 rings (SSSR count). The van der Waals surface area contributed by atoms with E-state index in [9.17, 15) is 4.79 Å². The van der Waals surface area contributed by atoms with Crippen molar-refractivity contribution in [3.8, 4) is 5.75 Å². The number of aromatic nitrogens is 2. The molecule has 0 aliphatic carbocycles. The van der Waals surface area contributed by atoms with Gasteiger partial charge in [-0.15, -0.1) is 0 Å². The number of carbonyl (C=O) groups is 1. The molecule has 0 spiro atoms. The zero-order valence-electron chi connectivity index (χ0n) is 11.3. The molecular formula is C14H15N3O3. The van der Waals surface area contributed by atoms with Gasteiger partial charge in [0.15, 0.2) is 5.69 Å². The summed E-state index contributed by atoms with van der Waals surface area (Å²) in [5.41, 5.74) is 0.950. The third-order valence-electron chi connectivity index (χ3n) is 2.45. The van der Waals surface area contributed by atoms with E-state index in [1.54, 1.807) is 0 Å². The summed E-state index contributed by atoms with van der Waals surface area (Å²) in [7, 11) is 1.30. The molecule has 1 heterocycles. The molecule has 6 heteroatoms. The molecule has 104 valence electrons. The van der Waals surface area contributed by atoms with Crippen molar-refractivity contribution in [3.05, 3.63) is 42.4 Å². The third-order valence-corrected chi connectivity index (χ3v) is 2.45. The lowest BCUT2D eigenvalue weighted by atomic mass is 10.3. The van der Waals surface area contributed by atoms with Crippen molar-refractivity contribution in [1.82, 2.24) is 9.97 Å². The Hall–Kier alpha value is -2.63. The summed E-state index contributed by atoms with van der Waals surface area (Å²) >= 11 is 0. The van der Waals surface area contributed by atoms with Gasteiger partial charge in [-0.05, 0) is 19.1 Å². The Kier molecular flexibility index (Phi) is 4.49. The van der Waals surface area contributed by atoms with E-state index in [1.165, 1.54) is 19.5 Å². The molecule has 2 aromatic rings. The van der Waals surface area contributed by atoms with Gasteiger partial charge in [0.1, 0.15) is 11.6 Å². The number of anilines is 2. The van der Waals surface area contributed by atoms with E-state index in [0.29, 0.717) is 12.4 Å². The van der Waals surface area contributed by atoms with Gasteiger partial charge < -0.3 is 14.8 Å². The minimum absolute atomic E-state index is 0.151. The topological polar surface area (TPSA) is 73.3 Å². The predicted molar refractivity (Wildman–Crippen MR) is 74.3 cm³/mol. The molecule has 0 fully saturated rings. The number of rotatable bonds is 5. The molecule has 0 aliphatic rings. The summed E-state index contributed by atoms with van der Waals surface area (Å²) in [6, 6.07) is 7.45. The molecule has 1 aromatic heterocycles. The molecule has 0 saturated carbocycles. The van der Waals surface area contributed by atoms with Gasteiger partial charge >= 0.3 is 5.97 Å². The first kappa shape index (κ1) is 13.8. The summed E-state index contributed by atoms with van der Waals surface area (Å²) in [5.74, 6) is 0.695. The Morgan fingerprint density at radius 1 is 1.35 bits per heavy atom. The van der Waals surface area contributed by atoms with Crippen molar-refractivity contribution in [2.24, 2.45) is 0 Å². The largest absolute Gasteiger partial charge is 0.494 e. The molecular weight excluding hydrogens is 258 g/mol. The molecule has 0 atom stereocenters. The molecule has 20 heavy (non-hydrogen) atoms. The van der Waals surface area contributed by atoms with Crippen molar-refractivity contribution in [2.45, 2.75) is 6.92 Å². The second-order valence-electron chi connectivity index (χ2n) is 3.87. The van der Waals surface area contributed by atoms with Crippen molar-refractivity contribution >= 4 is 17.5 Å². The van der Waals surface area contributed by atoms with Crippen molar-refractivity contribution < 1.29 is 14.3 Å². The van der Waals surface area contributed by atoms with Crippen molar-refractivity contribution in [2.75, 3.05) is 19.0 Å². The summed E-state index contributed by atoms with van der Waals surface area (Å²) in [6.07, 6.45) is 2.88. The second-order valence-corrected chi connectivity index (χ2v) is 3.87. The van der Waals surface area contributed by atoms with Gasteiger partial charge in [0.05, 0.1) is 26.1 Å². The number of methoxy groups -OCH3 is 1. The molecule has 0 amide bonds. The smallest absolute Gasteiger partial charge is 0.358 e. The zero-order chi connectivity index (χ0) is 14.4. The van der Waals surface area contributed by atoms with Crippen LogP contribution >= 0.6 is 0 Å². The van der Waals surface area contributed by atoms with Crippen LogP contribution in [0.5, 0.6) is 5.75 Å². The molecule has 0 unspecified atom stereocenters. The number of nitrogens with zero attached hydrogens (tertiary/aromatic N) is 2. The Morgan fingerprint density at radius 2 is 2.20 bits per heavy atom. The van der Waals surface area contributed by atoms with Crippen LogP contribution in [0.25, 0.3) is 0 Å². The van der Waals surface area contributed by atoms with Crippen LogP contribution in [0.3, 0.4) is 0 Å². The zero-order valence-corrected chi connectivity index (χ0v) is 11.3. The predicted octanol–water partition coefficient (Wildman–Crippen LogP) is 2.41. The van der Waals surface area contributed by atoms with Crippen LogP contribution in [0.15, 0.2) is 36.7 Å². The van der Waals surface area contributed by atoms with Gasteiger partial charge in [-0.25, -0.2) is 9.78 Å². The number of ether oxygens (including phenoxy) is 2. The van der Waals surface area contributed by atoms with E-state index in [1.807, 2.05) is 31.2 Å².